The van der Waals surface area contributed by atoms with Gasteiger partial charge in [-0.25, -0.2) is 12.8 Å². The number of carbonyl (C=O) groups is 1. The lowest BCUT2D eigenvalue weighted by atomic mass is 10.2. The van der Waals surface area contributed by atoms with E-state index in [0.717, 1.165) is 6.07 Å². The van der Waals surface area contributed by atoms with E-state index in [0.29, 0.717) is 0 Å². The number of hydrogen-bond donors (Lipinski definition) is 1. The van der Waals surface area contributed by atoms with E-state index in [1.807, 2.05) is 0 Å². The molecule has 0 aliphatic heterocycles. The molecule has 7 nitrogen and oxygen atoms in total. The molecule has 0 atom stereocenters. The van der Waals surface area contributed by atoms with Crippen molar-refractivity contribution in [3.63, 3.8) is 0 Å². The molecule has 10 heteroatoms. The highest BCUT2D eigenvalue weighted by molar-refractivity contribution is 7.90. The Bertz CT molecular complexity index is 1090. The summed E-state index contributed by atoms with van der Waals surface area (Å²) in [4.78, 5) is 12.1. The molecule has 3 aromatic rings. The standard InChI is InChI=1S/C17H13ClFN3O4S/c18-13-7-3-2-6-12(13)16(23)20-9-15-21-22-17(26-15)27(24,25)10-11-5-1-4-8-14(11)19/h1-8H,9-10H2,(H,20,23). The van der Waals surface area contributed by atoms with Crippen LogP contribution in [0.1, 0.15) is 21.8 Å². The second-order valence-electron chi connectivity index (χ2n) is 5.47. The lowest BCUT2D eigenvalue weighted by Gasteiger charge is -2.04. The molecule has 0 unspecified atom stereocenters. The van der Waals surface area contributed by atoms with Gasteiger partial charge >= 0.3 is 5.22 Å². The molecule has 1 heterocycles. The minimum absolute atomic E-state index is 0.00993. The van der Waals surface area contributed by atoms with Crippen molar-refractivity contribution in [1.82, 2.24) is 15.5 Å². The van der Waals surface area contributed by atoms with Crippen LogP contribution in [-0.4, -0.2) is 24.5 Å². The van der Waals surface area contributed by atoms with Gasteiger partial charge < -0.3 is 9.73 Å². The monoisotopic (exact) mass is 409 g/mol. The predicted molar refractivity (Wildman–Crippen MR) is 94.2 cm³/mol. The zero-order valence-corrected chi connectivity index (χ0v) is 15.3. The molecule has 2 aromatic carbocycles. The Hall–Kier alpha value is -2.78. The maximum absolute atomic E-state index is 13.7. The van der Waals surface area contributed by atoms with Crippen LogP contribution in [0.5, 0.6) is 0 Å². The first kappa shape index (κ1) is 19.0. The number of halogens is 2. The van der Waals surface area contributed by atoms with Crippen LogP contribution < -0.4 is 5.32 Å². The zero-order valence-electron chi connectivity index (χ0n) is 13.7. The quantitative estimate of drug-likeness (QED) is 0.671. The molecule has 0 saturated carbocycles. The smallest absolute Gasteiger partial charge is 0.335 e. The lowest BCUT2D eigenvalue weighted by Crippen LogP contribution is -2.23. The lowest BCUT2D eigenvalue weighted by molar-refractivity contribution is 0.0947. The van der Waals surface area contributed by atoms with Crippen LogP contribution in [0.15, 0.2) is 58.2 Å². The third-order valence-electron chi connectivity index (χ3n) is 3.54. The summed E-state index contributed by atoms with van der Waals surface area (Å²) in [5, 5.41) is 9.21. The molecule has 0 bridgehead atoms. The maximum Gasteiger partial charge on any atom is 0.335 e. The van der Waals surface area contributed by atoms with Crippen molar-refractivity contribution >= 4 is 27.3 Å². The van der Waals surface area contributed by atoms with Crippen molar-refractivity contribution in [3.8, 4) is 0 Å². The van der Waals surface area contributed by atoms with E-state index in [-0.39, 0.29) is 28.6 Å². The van der Waals surface area contributed by atoms with Crippen LogP contribution >= 0.6 is 11.6 Å². The van der Waals surface area contributed by atoms with E-state index in [1.165, 1.54) is 24.3 Å². The fourth-order valence-electron chi connectivity index (χ4n) is 2.21. The minimum atomic E-state index is -4.03. The van der Waals surface area contributed by atoms with Crippen molar-refractivity contribution < 1.29 is 22.0 Å². The summed E-state index contributed by atoms with van der Waals surface area (Å²) < 4.78 is 43.4. The van der Waals surface area contributed by atoms with E-state index >= 15 is 0 Å². The van der Waals surface area contributed by atoms with Crippen molar-refractivity contribution in [3.05, 3.63) is 76.4 Å². The van der Waals surface area contributed by atoms with Gasteiger partial charge in [-0.1, -0.05) is 47.0 Å². The summed E-state index contributed by atoms with van der Waals surface area (Å²) in [6.07, 6.45) is 0. The Morgan fingerprint density at radius 3 is 2.56 bits per heavy atom. The third kappa shape index (κ3) is 4.50. The molecule has 27 heavy (non-hydrogen) atoms. The molecule has 1 amide bonds. The largest absolute Gasteiger partial charge is 0.411 e. The van der Waals surface area contributed by atoms with Crippen LogP contribution in [0.2, 0.25) is 5.02 Å². The molecular formula is C17H13ClFN3O4S. The van der Waals surface area contributed by atoms with Crippen LogP contribution in [0.4, 0.5) is 4.39 Å². The summed E-state index contributed by atoms with van der Waals surface area (Å²) in [6.45, 7) is -0.188. The first-order valence-corrected chi connectivity index (χ1v) is 9.71. The number of aromatic nitrogens is 2. The molecule has 1 N–H and O–H groups in total. The van der Waals surface area contributed by atoms with Crippen LogP contribution in [0.25, 0.3) is 0 Å². The van der Waals surface area contributed by atoms with Gasteiger partial charge in [0.25, 0.3) is 5.91 Å². The van der Waals surface area contributed by atoms with Gasteiger partial charge in [-0.05, 0) is 18.2 Å². The van der Waals surface area contributed by atoms with E-state index in [1.54, 1.807) is 18.2 Å². The Morgan fingerprint density at radius 2 is 1.81 bits per heavy atom. The summed E-state index contributed by atoms with van der Waals surface area (Å²) in [6, 6.07) is 11.9. The molecule has 1 aromatic heterocycles. The highest BCUT2D eigenvalue weighted by atomic mass is 35.5. The molecular weight excluding hydrogens is 397 g/mol. The van der Waals surface area contributed by atoms with Crippen molar-refractivity contribution in [1.29, 1.82) is 0 Å². The number of carbonyl (C=O) groups excluding carboxylic acids is 1. The van der Waals surface area contributed by atoms with E-state index in [9.17, 15) is 17.6 Å². The number of nitrogens with zero attached hydrogens (tertiary/aromatic N) is 2. The topological polar surface area (TPSA) is 102 Å². The van der Waals surface area contributed by atoms with E-state index in [2.05, 4.69) is 15.5 Å². The fourth-order valence-corrected chi connectivity index (χ4v) is 3.59. The Morgan fingerprint density at radius 1 is 1.11 bits per heavy atom. The van der Waals surface area contributed by atoms with Gasteiger partial charge in [0.2, 0.25) is 15.7 Å². The molecule has 0 aliphatic carbocycles. The van der Waals surface area contributed by atoms with Gasteiger partial charge in [0.1, 0.15) is 5.82 Å². The normalized spacial score (nSPS) is 11.3. The number of nitrogens with one attached hydrogen (secondary N) is 1. The Labute approximate surface area is 159 Å². The molecule has 140 valence electrons. The molecule has 0 fully saturated rings. The highest BCUT2D eigenvalue weighted by Crippen LogP contribution is 2.18. The van der Waals surface area contributed by atoms with Crippen LogP contribution in [0, 0.1) is 5.82 Å². The van der Waals surface area contributed by atoms with Gasteiger partial charge in [-0.15, -0.1) is 5.10 Å². The van der Waals surface area contributed by atoms with E-state index < -0.39 is 32.5 Å². The third-order valence-corrected chi connectivity index (χ3v) is 5.25. The van der Waals surface area contributed by atoms with E-state index in [4.69, 9.17) is 16.0 Å². The molecule has 0 radical (unpaired) electrons. The zero-order chi connectivity index (χ0) is 19.4. The summed E-state index contributed by atoms with van der Waals surface area (Å²) in [5.74, 6) is -1.85. The molecule has 0 spiro atoms. The van der Waals surface area contributed by atoms with Gasteiger partial charge in [0.05, 0.1) is 22.9 Å². The van der Waals surface area contributed by atoms with Crippen LogP contribution in [0.3, 0.4) is 0 Å². The maximum atomic E-state index is 13.7. The minimum Gasteiger partial charge on any atom is -0.411 e. The number of hydrogen-bond acceptors (Lipinski definition) is 6. The Kier molecular flexibility index (Phi) is 5.52. The van der Waals surface area contributed by atoms with Gasteiger partial charge in [-0.2, -0.15) is 0 Å². The number of amides is 1. The number of benzene rings is 2. The van der Waals surface area contributed by atoms with Crippen molar-refractivity contribution in [2.45, 2.75) is 17.5 Å². The van der Waals surface area contributed by atoms with Crippen molar-refractivity contribution in [2.75, 3.05) is 0 Å². The second kappa shape index (κ2) is 7.85. The molecule has 3 rings (SSSR count). The van der Waals surface area contributed by atoms with Crippen molar-refractivity contribution in [2.24, 2.45) is 0 Å². The predicted octanol–water partition coefficient (Wildman–Crippen LogP) is 2.77. The number of rotatable bonds is 6. The van der Waals surface area contributed by atoms with Crippen LogP contribution in [-0.2, 0) is 22.1 Å². The summed E-state index contributed by atoms with van der Waals surface area (Å²) >= 11 is 5.93. The average Bonchev–Trinajstić information content (AvgIpc) is 3.12. The van der Waals surface area contributed by atoms with Gasteiger partial charge in [0, 0.05) is 5.56 Å². The SMILES string of the molecule is O=C(NCc1nnc(S(=O)(=O)Cc2ccccc2F)o1)c1ccccc1Cl. The van der Waals surface area contributed by atoms with Gasteiger partial charge in [0.15, 0.2) is 0 Å². The first-order chi connectivity index (χ1) is 12.9. The molecule has 0 aliphatic rings. The first-order valence-electron chi connectivity index (χ1n) is 7.68. The average molecular weight is 410 g/mol. The summed E-state index contributed by atoms with van der Waals surface area (Å²) in [5.41, 5.74) is 0.246. The second-order valence-corrected chi connectivity index (χ2v) is 7.75. The fraction of sp³-hybridized carbons (Fsp3) is 0.118. The Balaban J connectivity index is 1.68. The summed E-state index contributed by atoms with van der Waals surface area (Å²) in [7, 11) is -4.03. The van der Waals surface area contributed by atoms with Gasteiger partial charge in [-0.3, -0.25) is 4.79 Å². The highest BCUT2D eigenvalue weighted by Gasteiger charge is 2.24. The molecule has 0 saturated heterocycles. The number of sulfone groups is 1.